The number of nitrogens with zero attached hydrogens (tertiary/aromatic N) is 4. The van der Waals surface area contributed by atoms with Gasteiger partial charge < -0.3 is 20.4 Å². The van der Waals surface area contributed by atoms with E-state index < -0.39 is 0 Å². The van der Waals surface area contributed by atoms with Crippen molar-refractivity contribution in [2.45, 2.75) is 38.6 Å². The molecule has 0 saturated carbocycles. The van der Waals surface area contributed by atoms with Crippen LogP contribution in [0.25, 0.3) is 0 Å². The summed E-state index contributed by atoms with van der Waals surface area (Å²) in [5, 5.41) is 6.90. The standard InChI is InChI=1S/C21H34N6.HI/c1-22-21(24-12-10-18-7-4-3-5-8-18)25-17-19-9-6-11-23-20(19)27-15-13-26(2)14-16-27;/h6-7,9,11H,3-5,8,10,12-17H2,1-2H3,(H2,22,24,25);1H. The lowest BCUT2D eigenvalue weighted by atomic mass is 9.97. The first kappa shape index (κ1) is 22.9. The molecule has 7 heteroatoms. The van der Waals surface area contributed by atoms with Crippen molar-refractivity contribution in [1.29, 1.82) is 0 Å². The van der Waals surface area contributed by atoms with E-state index in [4.69, 9.17) is 0 Å². The van der Waals surface area contributed by atoms with Gasteiger partial charge in [-0.05, 0) is 45.2 Å². The summed E-state index contributed by atoms with van der Waals surface area (Å²) in [4.78, 5) is 13.8. The molecule has 1 aliphatic heterocycles. The number of guanidine groups is 1. The molecule has 1 aliphatic carbocycles. The second-order valence-corrected chi connectivity index (χ2v) is 7.49. The molecule has 3 rings (SSSR count). The van der Waals surface area contributed by atoms with E-state index in [0.29, 0.717) is 0 Å². The maximum absolute atomic E-state index is 4.65. The Morgan fingerprint density at radius 2 is 2.00 bits per heavy atom. The summed E-state index contributed by atoms with van der Waals surface area (Å²) in [6, 6.07) is 4.18. The van der Waals surface area contributed by atoms with E-state index in [-0.39, 0.29) is 24.0 Å². The van der Waals surface area contributed by atoms with Crippen molar-refractivity contribution in [3.8, 4) is 0 Å². The Kier molecular flexibility index (Phi) is 10.0. The number of halogens is 1. The normalized spacial score (nSPS) is 18.3. The zero-order valence-corrected chi connectivity index (χ0v) is 19.6. The Labute approximate surface area is 186 Å². The number of anilines is 1. The van der Waals surface area contributed by atoms with E-state index in [0.717, 1.165) is 57.5 Å². The molecule has 2 aliphatic rings. The van der Waals surface area contributed by atoms with Gasteiger partial charge in [-0.2, -0.15) is 0 Å². The summed E-state index contributed by atoms with van der Waals surface area (Å²) in [7, 11) is 4.01. The van der Waals surface area contributed by atoms with Crippen LogP contribution in [0.5, 0.6) is 0 Å². The molecule has 0 bridgehead atoms. The monoisotopic (exact) mass is 498 g/mol. The lowest BCUT2D eigenvalue weighted by molar-refractivity contribution is 0.312. The number of aliphatic imine (C=N–C) groups is 1. The van der Waals surface area contributed by atoms with Crippen LogP contribution < -0.4 is 15.5 Å². The van der Waals surface area contributed by atoms with Crippen LogP contribution in [0.4, 0.5) is 5.82 Å². The number of piperazine rings is 1. The minimum atomic E-state index is 0. The topological polar surface area (TPSA) is 55.8 Å². The quantitative estimate of drug-likeness (QED) is 0.274. The third-order valence-corrected chi connectivity index (χ3v) is 5.46. The summed E-state index contributed by atoms with van der Waals surface area (Å²) in [5.74, 6) is 1.96. The van der Waals surface area contributed by atoms with E-state index in [9.17, 15) is 0 Å². The van der Waals surface area contributed by atoms with Gasteiger partial charge in [0.25, 0.3) is 0 Å². The highest BCUT2D eigenvalue weighted by atomic mass is 127. The summed E-state index contributed by atoms with van der Waals surface area (Å²) < 4.78 is 0. The third kappa shape index (κ3) is 6.92. The van der Waals surface area contributed by atoms with Crippen molar-refractivity contribution in [3.05, 3.63) is 35.5 Å². The highest BCUT2D eigenvalue weighted by Gasteiger charge is 2.18. The lowest BCUT2D eigenvalue weighted by Crippen LogP contribution is -2.45. The first-order chi connectivity index (χ1) is 13.3. The van der Waals surface area contributed by atoms with E-state index in [1.807, 2.05) is 19.3 Å². The molecule has 1 fully saturated rings. The number of rotatable bonds is 6. The number of aromatic nitrogens is 1. The minimum Gasteiger partial charge on any atom is -0.356 e. The molecular formula is C21H35IN6. The third-order valence-electron chi connectivity index (χ3n) is 5.46. The van der Waals surface area contributed by atoms with Gasteiger partial charge in [-0.1, -0.05) is 17.7 Å². The number of likely N-dealkylation sites (N-methyl/N-ethyl adjacent to an activating group) is 1. The lowest BCUT2D eigenvalue weighted by Gasteiger charge is -2.34. The molecular weight excluding hydrogens is 463 g/mol. The molecule has 0 unspecified atom stereocenters. The van der Waals surface area contributed by atoms with Crippen LogP contribution in [-0.4, -0.2) is 62.7 Å². The molecule has 2 heterocycles. The largest absolute Gasteiger partial charge is 0.356 e. The van der Waals surface area contributed by atoms with Gasteiger partial charge in [-0.15, -0.1) is 24.0 Å². The van der Waals surface area contributed by atoms with E-state index in [1.165, 1.54) is 31.2 Å². The fraction of sp³-hybridized carbons (Fsp3) is 0.619. The van der Waals surface area contributed by atoms with Gasteiger partial charge in [0.05, 0.1) is 0 Å². The van der Waals surface area contributed by atoms with Crippen LogP contribution in [0.2, 0.25) is 0 Å². The maximum Gasteiger partial charge on any atom is 0.191 e. The van der Waals surface area contributed by atoms with Crippen molar-refractivity contribution < 1.29 is 0 Å². The van der Waals surface area contributed by atoms with Gasteiger partial charge in [0.15, 0.2) is 5.96 Å². The van der Waals surface area contributed by atoms with Crippen molar-refractivity contribution in [2.24, 2.45) is 4.99 Å². The Bertz CT molecular complexity index is 652. The Morgan fingerprint density at radius 1 is 1.18 bits per heavy atom. The molecule has 0 spiro atoms. The zero-order chi connectivity index (χ0) is 18.9. The highest BCUT2D eigenvalue weighted by molar-refractivity contribution is 14.0. The molecule has 0 aromatic carbocycles. The number of hydrogen-bond acceptors (Lipinski definition) is 4. The van der Waals surface area contributed by atoms with Crippen molar-refractivity contribution in [3.63, 3.8) is 0 Å². The van der Waals surface area contributed by atoms with Crippen molar-refractivity contribution in [2.75, 3.05) is 51.7 Å². The predicted molar refractivity (Wildman–Crippen MR) is 129 cm³/mol. The van der Waals surface area contributed by atoms with Crippen LogP contribution in [0.1, 0.15) is 37.7 Å². The molecule has 28 heavy (non-hydrogen) atoms. The number of allylic oxidation sites excluding steroid dienone is 1. The van der Waals surface area contributed by atoms with Gasteiger partial charge in [0, 0.05) is 58.1 Å². The zero-order valence-electron chi connectivity index (χ0n) is 17.3. The van der Waals surface area contributed by atoms with E-state index >= 15 is 0 Å². The van der Waals surface area contributed by atoms with Gasteiger partial charge in [0.2, 0.25) is 0 Å². The molecule has 0 amide bonds. The predicted octanol–water partition coefficient (Wildman–Crippen LogP) is 3.01. The smallest absolute Gasteiger partial charge is 0.191 e. The van der Waals surface area contributed by atoms with Crippen molar-refractivity contribution >= 4 is 35.8 Å². The second kappa shape index (κ2) is 12.3. The van der Waals surface area contributed by atoms with E-state index in [1.54, 1.807) is 5.57 Å². The van der Waals surface area contributed by atoms with Crippen LogP contribution in [0, 0.1) is 0 Å². The second-order valence-electron chi connectivity index (χ2n) is 7.49. The van der Waals surface area contributed by atoms with Crippen LogP contribution in [0.3, 0.4) is 0 Å². The van der Waals surface area contributed by atoms with Crippen LogP contribution in [-0.2, 0) is 6.54 Å². The van der Waals surface area contributed by atoms with Gasteiger partial charge in [0.1, 0.15) is 5.82 Å². The fourth-order valence-electron chi connectivity index (χ4n) is 3.74. The average molecular weight is 498 g/mol. The highest BCUT2D eigenvalue weighted by Crippen LogP contribution is 2.20. The van der Waals surface area contributed by atoms with E-state index in [2.05, 4.69) is 49.6 Å². The Hall–Kier alpha value is -1.35. The number of nitrogens with one attached hydrogen (secondary N) is 2. The molecule has 2 N–H and O–H groups in total. The summed E-state index contributed by atoms with van der Waals surface area (Å²) in [5.41, 5.74) is 2.81. The first-order valence-electron chi connectivity index (χ1n) is 10.3. The maximum atomic E-state index is 4.65. The molecule has 6 nitrogen and oxygen atoms in total. The minimum absolute atomic E-state index is 0. The summed E-state index contributed by atoms with van der Waals surface area (Å²) in [6.07, 6.45) is 10.6. The van der Waals surface area contributed by atoms with Crippen LogP contribution >= 0.6 is 24.0 Å². The van der Waals surface area contributed by atoms with Gasteiger partial charge in [-0.25, -0.2) is 4.98 Å². The molecule has 1 aromatic heterocycles. The SMILES string of the molecule is CN=C(NCCC1=CCCCC1)NCc1cccnc1N1CCN(C)CC1.I. The van der Waals surface area contributed by atoms with Crippen LogP contribution in [0.15, 0.2) is 35.0 Å². The van der Waals surface area contributed by atoms with Gasteiger partial charge in [-0.3, -0.25) is 4.99 Å². The molecule has 0 radical (unpaired) electrons. The van der Waals surface area contributed by atoms with Crippen molar-refractivity contribution in [1.82, 2.24) is 20.5 Å². The molecule has 1 saturated heterocycles. The molecule has 1 aromatic rings. The Morgan fingerprint density at radius 3 is 2.71 bits per heavy atom. The molecule has 156 valence electrons. The number of hydrogen-bond donors (Lipinski definition) is 2. The molecule has 0 atom stereocenters. The summed E-state index contributed by atoms with van der Waals surface area (Å²) in [6.45, 7) is 5.90. The Balaban J connectivity index is 0.00000280. The number of pyridine rings is 1. The van der Waals surface area contributed by atoms with Gasteiger partial charge >= 0.3 is 0 Å². The summed E-state index contributed by atoms with van der Waals surface area (Å²) >= 11 is 0. The fourth-order valence-corrected chi connectivity index (χ4v) is 3.74. The average Bonchev–Trinajstić information content (AvgIpc) is 2.72. The first-order valence-corrected chi connectivity index (χ1v) is 10.3.